The number of carbonyl (C=O) groups is 1. The fourth-order valence-electron chi connectivity index (χ4n) is 2.53. The van der Waals surface area contributed by atoms with Crippen molar-refractivity contribution in [2.45, 2.75) is 57.6 Å². The van der Waals surface area contributed by atoms with Crippen LogP contribution in [0.15, 0.2) is 0 Å². The maximum Gasteiger partial charge on any atom is 0.405 e. The summed E-state index contributed by atoms with van der Waals surface area (Å²) in [6.07, 6.45) is 4.67. The van der Waals surface area contributed by atoms with Crippen molar-refractivity contribution in [3.05, 3.63) is 0 Å². The molecule has 0 aromatic rings. The van der Waals surface area contributed by atoms with Gasteiger partial charge in [-0.2, -0.15) is 0 Å². The zero-order valence-corrected chi connectivity index (χ0v) is 9.66. The Morgan fingerprint density at radius 3 is 2.67 bits per heavy atom. The first-order valence-electron chi connectivity index (χ1n) is 5.63. The van der Waals surface area contributed by atoms with E-state index in [0.29, 0.717) is 12.0 Å². The molecule has 0 aromatic carbocycles. The smallest absolute Gasteiger partial charge is 0.405 e. The maximum absolute atomic E-state index is 10.7. The quantitative estimate of drug-likeness (QED) is 0.751. The van der Waals surface area contributed by atoms with Gasteiger partial charge in [-0.3, -0.25) is 0 Å². The van der Waals surface area contributed by atoms with Gasteiger partial charge in [-0.25, -0.2) is 4.79 Å². The Bertz CT molecular complexity index is 229. The molecule has 4 nitrogen and oxygen atoms in total. The van der Waals surface area contributed by atoms with Gasteiger partial charge in [0.2, 0.25) is 0 Å². The third kappa shape index (κ3) is 4.51. The monoisotopic (exact) mass is 214 g/mol. The number of hydrogen-bond donors (Lipinski definition) is 2. The van der Waals surface area contributed by atoms with Crippen molar-refractivity contribution in [1.29, 1.82) is 0 Å². The van der Waals surface area contributed by atoms with E-state index in [2.05, 4.69) is 0 Å². The summed E-state index contributed by atoms with van der Waals surface area (Å²) >= 11 is 0. The van der Waals surface area contributed by atoms with E-state index in [1.807, 2.05) is 13.8 Å². The summed E-state index contributed by atoms with van der Waals surface area (Å²) in [5.41, 5.74) is 10.5. The largest absolute Gasteiger partial charge is 0.444 e. The summed E-state index contributed by atoms with van der Waals surface area (Å²) in [6, 6.07) is 0.313. The number of carbonyl (C=O) groups excluding carboxylic acids is 1. The van der Waals surface area contributed by atoms with E-state index < -0.39 is 11.7 Å². The second-order valence-electron chi connectivity index (χ2n) is 5.18. The third-order valence-electron chi connectivity index (χ3n) is 2.98. The van der Waals surface area contributed by atoms with Crippen LogP contribution in [0.4, 0.5) is 4.79 Å². The van der Waals surface area contributed by atoms with Crippen LogP contribution < -0.4 is 11.5 Å². The lowest BCUT2D eigenvalue weighted by atomic mass is 9.80. The maximum atomic E-state index is 10.7. The lowest BCUT2D eigenvalue weighted by molar-refractivity contribution is 0.0210. The summed E-state index contributed by atoms with van der Waals surface area (Å²) in [5, 5.41) is 0. The zero-order valence-electron chi connectivity index (χ0n) is 9.66. The Kier molecular flexibility index (Phi) is 3.97. The van der Waals surface area contributed by atoms with Gasteiger partial charge in [0.25, 0.3) is 0 Å². The Morgan fingerprint density at radius 1 is 1.47 bits per heavy atom. The van der Waals surface area contributed by atoms with Crippen LogP contribution in [-0.2, 0) is 4.74 Å². The molecule has 0 radical (unpaired) electrons. The number of hydrogen-bond acceptors (Lipinski definition) is 3. The number of nitrogens with two attached hydrogens (primary N) is 2. The van der Waals surface area contributed by atoms with Crippen LogP contribution in [0.1, 0.15) is 46.0 Å². The van der Waals surface area contributed by atoms with E-state index in [1.54, 1.807) is 0 Å². The number of rotatable bonds is 3. The minimum atomic E-state index is -0.694. The fourth-order valence-corrected chi connectivity index (χ4v) is 2.53. The Labute approximate surface area is 91.3 Å². The SMILES string of the molecule is CC(C)(C[C@@H]1CCC[C@H](N)C1)OC(N)=O. The highest BCUT2D eigenvalue weighted by atomic mass is 16.6. The van der Waals surface area contributed by atoms with Crippen molar-refractivity contribution < 1.29 is 9.53 Å². The molecule has 0 bridgehead atoms. The number of ether oxygens (including phenoxy) is 1. The highest BCUT2D eigenvalue weighted by Gasteiger charge is 2.29. The molecule has 88 valence electrons. The van der Waals surface area contributed by atoms with E-state index >= 15 is 0 Å². The second kappa shape index (κ2) is 4.84. The lowest BCUT2D eigenvalue weighted by Crippen LogP contribution is -2.36. The third-order valence-corrected chi connectivity index (χ3v) is 2.98. The molecule has 4 N–H and O–H groups in total. The van der Waals surface area contributed by atoms with Crippen LogP contribution in [0.5, 0.6) is 0 Å². The Balaban J connectivity index is 2.41. The molecule has 1 aliphatic rings. The van der Waals surface area contributed by atoms with Gasteiger partial charge in [0.05, 0.1) is 0 Å². The molecule has 15 heavy (non-hydrogen) atoms. The molecule has 0 spiro atoms. The van der Waals surface area contributed by atoms with Crippen molar-refractivity contribution in [1.82, 2.24) is 0 Å². The van der Waals surface area contributed by atoms with Crippen molar-refractivity contribution in [2.75, 3.05) is 0 Å². The molecule has 1 fully saturated rings. The molecule has 1 amide bonds. The molecular formula is C11H22N2O2. The van der Waals surface area contributed by atoms with Crippen LogP contribution in [-0.4, -0.2) is 17.7 Å². The van der Waals surface area contributed by atoms with Crippen molar-refractivity contribution in [3.8, 4) is 0 Å². The molecule has 0 saturated heterocycles. The van der Waals surface area contributed by atoms with Gasteiger partial charge in [0.1, 0.15) is 5.60 Å². The normalized spacial score (nSPS) is 27.4. The molecule has 0 unspecified atom stereocenters. The summed E-state index contributed by atoms with van der Waals surface area (Å²) in [5.74, 6) is 0.558. The summed E-state index contributed by atoms with van der Waals surface area (Å²) in [7, 11) is 0. The fraction of sp³-hybridized carbons (Fsp3) is 0.909. The summed E-state index contributed by atoms with van der Waals surface area (Å²) < 4.78 is 5.07. The van der Waals surface area contributed by atoms with Gasteiger partial charge in [0.15, 0.2) is 0 Å². The molecule has 1 aliphatic carbocycles. The average Bonchev–Trinajstić information content (AvgIpc) is 1.99. The Morgan fingerprint density at radius 2 is 2.13 bits per heavy atom. The van der Waals surface area contributed by atoms with Crippen LogP contribution >= 0.6 is 0 Å². The summed E-state index contributed by atoms with van der Waals surface area (Å²) in [4.78, 5) is 10.7. The molecule has 1 rings (SSSR count). The highest BCUT2D eigenvalue weighted by molar-refractivity contribution is 5.65. The van der Waals surface area contributed by atoms with E-state index in [4.69, 9.17) is 16.2 Å². The number of amides is 1. The van der Waals surface area contributed by atoms with Gasteiger partial charge in [-0.15, -0.1) is 0 Å². The predicted octanol–water partition coefficient (Wildman–Crippen LogP) is 1.77. The van der Waals surface area contributed by atoms with Crippen molar-refractivity contribution in [3.63, 3.8) is 0 Å². The first-order valence-corrected chi connectivity index (χ1v) is 5.63. The van der Waals surface area contributed by atoms with Crippen LogP contribution in [0.3, 0.4) is 0 Å². The minimum absolute atomic E-state index is 0.313. The summed E-state index contributed by atoms with van der Waals surface area (Å²) in [6.45, 7) is 3.80. The predicted molar refractivity (Wildman–Crippen MR) is 59.3 cm³/mol. The molecule has 0 aromatic heterocycles. The van der Waals surface area contributed by atoms with Crippen LogP contribution in [0.25, 0.3) is 0 Å². The highest BCUT2D eigenvalue weighted by Crippen LogP contribution is 2.31. The van der Waals surface area contributed by atoms with E-state index in [0.717, 1.165) is 19.3 Å². The van der Waals surface area contributed by atoms with E-state index in [1.165, 1.54) is 12.8 Å². The topological polar surface area (TPSA) is 78.3 Å². The van der Waals surface area contributed by atoms with Gasteiger partial charge >= 0.3 is 6.09 Å². The molecule has 0 aliphatic heterocycles. The minimum Gasteiger partial charge on any atom is -0.444 e. The van der Waals surface area contributed by atoms with Crippen molar-refractivity contribution >= 4 is 6.09 Å². The van der Waals surface area contributed by atoms with E-state index in [9.17, 15) is 4.79 Å². The molecular weight excluding hydrogens is 192 g/mol. The average molecular weight is 214 g/mol. The molecule has 2 atom stereocenters. The Hall–Kier alpha value is -0.770. The van der Waals surface area contributed by atoms with Gasteiger partial charge in [0, 0.05) is 6.04 Å². The first-order chi connectivity index (χ1) is 6.89. The van der Waals surface area contributed by atoms with Gasteiger partial charge in [-0.05, 0) is 39.0 Å². The first kappa shape index (κ1) is 12.3. The van der Waals surface area contributed by atoms with Gasteiger partial charge < -0.3 is 16.2 Å². The zero-order chi connectivity index (χ0) is 11.5. The molecule has 4 heteroatoms. The second-order valence-corrected chi connectivity index (χ2v) is 5.18. The van der Waals surface area contributed by atoms with Gasteiger partial charge in [-0.1, -0.05) is 12.8 Å². The standard InChI is InChI=1S/C11H22N2O2/c1-11(2,15-10(13)14)7-8-4-3-5-9(12)6-8/h8-9H,3-7,12H2,1-2H3,(H2,13,14)/t8-,9+/m1/s1. The van der Waals surface area contributed by atoms with Crippen molar-refractivity contribution in [2.24, 2.45) is 17.4 Å². The molecule has 0 heterocycles. The molecule has 1 saturated carbocycles. The number of primary amides is 1. The van der Waals surface area contributed by atoms with Crippen LogP contribution in [0, 0.1) is 5.92 Å². The van der Waals surface area contributed by atoms with E-state index in [-0.39, 0.29) is 0 Å². The van der Waals surface area contributed by atoms with Crippen LogP contribution in [0.2, 0.25) is 0 Å². The lowest BCUT2D eigenvalue weighted by Gasteiger charge is -2.33.